The van der Waals surface area contributed by atoms with E-state index in [1.165, 1.54) is 0 Å². The van der Waals surface area contributed by atoms with Crippen molar-refractivity contribution in [3.63, 3.8) is 0 Å². The van der Waals surface area contributed by atoms with E-state index < -0.39 is 0 Å². The molecule has 0 atom stereocenters. The molecule has 2 aromatic carbocycles. The first kappa shape index (κ1) is 21.2. The predicted octanol–water partition coefficient (Wildman–Crippen LogP) is 4.15. The quantitative estimate of drug-likeness (QED) is 0.457. The Morgan fingerprint density at radius 1 is 1.07 bits per heavy atom. The lowest BCUT2D eigenvalue weighted by Crippen LogP contribution is -2.35. The lowest BCUT2D eigenvalue weighted by Gasteiger charge is -2.21. The van der Waals surface area contributed by atoms with E-state index in [0.717, 1.165) is 22.0 Å². The van der Waals surface area contributed by atoms with Crippen molar-refractivity contribution < 1.29 is 14.1 Å². The van der Waals surface area contributed by atoms with Gasteiger partial charge in [-0.15, -0.1) is 0 Å². The van der Waals surface area contributed by atoms with Crippen LogP contribution in [0.5, 0.6) is 0 Å². The van der Waals surface area contributed by atoms with Gasteiger partial charge in [0.15, 0.2) is 0 Å². The highest BCUT2D eigenvalue weighted by Crippen LogP contribution is 2.19. The number of rotatable bonds is 10. The van der Waals surface area contributed by atoms with Gasteiger partial charge in [0.05, 0.1) is 6.61 Å². The van der Waals surface area contributed by atoms with E-state index in [2.05, 4.69) is 26.1 Å². The molecule has 3 aromatic rings. The Balaban J connectivity index is 1.57. The molecule has 0 unspecified atom stereocenters. The summed E-state index contributed by atoms with van der Waals surface area (Å²) in [6.45, 7) is 1.54. The third kappa shape index (κ3) is 6.51. The Kier molecular flexibility index (Phi) is 7.95. The Labute approximate surface area is 179 Å². The molecule has 1 heterocycles. The Hall–Kier alpha value is -2.51. The number of aryl methyl sites for hydroxylation is 1. The van der Waals surface area contributed by atoms with Crippen LogP contribution in [0.3, 0.4) is 0 Å². The molecular formula is C22H24BrN3O3. The molecule has 1 amide bonds. The van der Waals surface area contributed by atoms with E-state index in [1.807, 2.05) is 54.6 Å². The zero-order valence-corrected chi connectivity index (χ0v) is 18.0. The molecule has 0 aliphatic rings. The van der Waals surface area contributed by atoms with E-state index >= 15 is 0 Å². The minimum atomic E-state index is 0.0959. The van der Waals surface area contributed by atoms with Crippen LogP contribution in [0, 0.1) is 0 Å². The van der Waals surface area contributed by atoms with Gasteiger partial charge in [-0.1, -0.05) is 51.4 Å². The van der Waals surface area contributed by atoms with Gasteiger partial charge in [-0.3, -0.25) is 4.79 Å². The van der Waals surface area contributed by atoms with Crippen LogP contribution >= 0.6 is 15.9 Å². The minimum Gasteiger partial charge on any atom is -0.383 e. The summed E-state index contributed by atoms with van der Waals surface area (Å²) in [7, 11) is 1.63. The molecule has 0 saturated carbocycles. The average Bonchev–Trinajstić information content (AvgIpc) is 3.22. The molecule has 0 bridgehead atoms. The number of benzene rings is 2. The van der Waals surface area contributed by atoms with E-state index in [0.29, 0.717) is 44.3 Å². The minimum absolute atomic E-state index is 0.0959. The molecule has 0 spiro atoms. The first-order chi connectivity index (χ1) is 14.2. The van der Waals surface area contributed by atoms with Gasteiger partial charge in [0, 0.05) is 43.1 Å². The first-order valence-corrected chi connectivity index (χ1v) is 10.3. The molecule has 152 valence electrons. The maximum absolute atomic E-state index is 12.7. The molecule has 1 aromatic heterocycles. The van der Waals surface area contributed by atoms with Crippen molar-refractivity contribution in [1.82, 2.24) is 15.0 Å². The number of ether oxygens (including phenoxy) is 1. The molecule has 0 fully saturated rings. The number of carbonyl (C=O) groups is 1. The van der Waals surface area contributed by atoms with Gasteiger partial charge in [-0.25, -0.2) is 0 Å². The van der Waals surface area contributed by atoms with Crippen LogP contribution in [0.1, 0.15) is 17.9 Å². The standard InChI is InChI=1S/C22H24BrN3O3/c1-28-16-15-26(21(27)12-7-17-5-3-2-4-6-17)14-13-20-24-22(25-29-20)18-8-10-19(23)11-9-18/h2-6,8-11H,7,12-16H2,1H3. The highest BCUT2D eigenvalue weighted by Gasteiger charge is 2.16. The summed E-state index contributed by atoms with van der Waals surface area (Å²) in [5.41, 5.74) is 2.04. The average molecular weight is 458 g/mol. The Bertz CT molecular complexity index is 897. The van der Waals surface area contributed by atoms with Crippen molar-refractivity contribution in [1.29, 1.82) is 0 Å². The predicted molar refractivity (Wildman–Crippen MR) is 114 cm³/mol. The van der Waals surface area contributed by atoms with Gasteiger partial charge in [-0.05, 0) is 36.2 Å². The summed E-state index contributed by atoms with van der Waals surface area (Å²) < 4.78 is 11.5. The number of aromatic nitrogens is 2. The zero-order valence-electron chi connectivity index (χ0n) is 16.4. The summed E-state index contributed by atoms with van der Waals surface area (Å²) in [6.07, 6.45) is 1.68. The normalized spacial score (nSPS) is 10.8. The summed E-state index contributed by atoms with van der Waals surface area (Å²) in [4.78, 5) is 19.0. The summed E-state index contributed by atoms with van der Waals surface area (Å²) in [5.74, 6) is 1.16. The molecule has 0 radical (unpaired) electrons. The van der Waals surface area contributed by atoms with Crippen molar-refractivity contribution >= 4 is 21.8 Å². The summed E-state index contributed by atoms with van der Waals surface area (Å²) in [5, 5.41) is 4.05. The number of halogens is 1. The van der Waals surface area contributed by atoms with Gasteiger partial charge < -0.3 is 14.2 Å². The molecule has 0 aliphatic heterocycles. The van der Waals surface area contributed by atoms with Gasteiger partial charge >= 0.3 is 0 Å². The van der Waals surface area contributed by atoms with E-state index in [1.54, 1.807) is 12.0 Å². The molecule has 0 aliphatic carbocycles. The molecule has 0 N–H and O–H groups in total. The van der Waals surface area contributed by atoms with Crippen LogP contribution in [0.15, 0.2) is 63.6 Å². The van der Waals surface area contributed by atoms with Crippen LogP contribution in [0.4, 0.5) is 0 Å². The van der Waals surface area contributed by atoms with Crippen LogP contribution in [0.2, 0.25) is 0 Å². The van der Waals surface area contributed by atoms with Crippen LogP contribution in [-0.2, 0) is 22.4 Å². The van der Waals surface area contributed by atoms with Gasteiger partial charge in [-0.2, -0.15) is 4.98 Å². The Morgan fingerprint density at radius 2 is 1.83 bits per heavy atom. The molecule has 0 saturated heterocycles. The van der Waals surface area contributed by atoms with Gasteiger partial charge in [0.1, 0.15) is 0 Å². The van der Waals surface area contributed by atoms with E-state index in [4.69, 9.17) is 9.26 Å². The lowest BCUT2D eigenvalue weighted by molar-refractivity contribution is -0.131. The number of hydrogen-bond acceptors (Lipinski definition) is 5. The summed E-state index contributed by atoms with van der Waals surface area (Å²) >= 11 is 3.41. The first-order valence-electron chi connectivity index (χ1n) is 9.55. The third-order valence-corrected chi connectivity index (χ3v) is 5.08. The van der Waals surface area contributed by atoms with Crippen molar-refractivity contribution in [3.05, 3.63) is 70.5 Å². The fraction of sp³-hybridized carbons (Fsp3) is 0.318. The number of hydrogen-bond donors (Lipinski definition) is 0. The summed E-state index contributed by atoms with van der Waals surface area (Å²) in [6, 6.07) is 17.7. The topological polar surface area (TPSA) is 68.5 Å². The van der Waals surface area contributed by atoms with Crippen molar-refractivity contribution in [2.24, 2.45) is 0 Å². The fourth-order valence-corrected chi connectivity index (χ4v) is 3.18. The second kappa shape index (κ2) is 10.9. The number of nitrogens with zero attached hydrogens (tertiary/aromatic N) is 3. The SMILES string of the molecule is COCCN(CCc1nc(-c2ccc(Br)cc2)no1)C(=O)CCc1ccccc1. The number of amides is 1. The second-order valence-electron chi connectivity index (χ2n) is 6.63. The van der Waals surface area contributed by atoms with Crippen LogP contribution in [0.25, 0.3) is 11.4 Å². The van der Waals surface area contributed by atoms with Crippen LogP contribution in [-0.4, -0.2) is 47.8 Å². The van der Waals surface area contributed by atoms with E-state index in [-0.39, 0.29) is 5.91 Å². The van der Waals surface area contributed by atoms with Crippen molar-refractivity contribution in [3.8, 4) is 11.4 Å². The maximum Gasteiger partial charge on any atom is 0.228 e. The highest BCUT2D eigenvalue weighted by atomic mass is 79.9. The fourth-order valence-electron chi connectivity index (χ4n) is 2.92. The monoisotopic (exact) mass is 457 g/mol. The van der Waals surface area contributed by atoms with Crippen molar-refractivity contribution in [2.75, 3.05) is 26.8 Å². The third-order valence-electron chi connectivity index (χ3n) is 4.55. The largest absolute Gasteiger partial charge is 0.383 e. The van der Waals surface area contributed by atoms with Crippen molar-refractivity contribution in [2.45, 2.75) is 19.3 Å². The zero-order chi connectivity index (χ0) is 20.5. The Morgan fingerprint density at radius 3 is 2.55 bits per heavy atom. The highest BCUT2D eigenvalue weighted by molar-refractivity contribution is 9.10. The lowest BCUT2D eigenvalue weighted by atomic mass is 10.1. The van der Waals surface area contributed by atoms with E-state index in [9.17, 15) is 4.79 Å². The second-order valence-corrected chi connectivity index (χ2v) is 7.54. The molecule has 29 heavy (non-hydrogen) atoms. The molecular weight excluding hydrogens is 434 g/mol. The smallest absolute Gasteiger partial charge is 0.228 e. The van der Waals surface area contributed by atoms with Crippen LogP contribution < -0.4 is 0 Å². The maximum atomic E-state index is 12.7. The number of methoxy groups -OCH3 is 1. The molecule has 6 nitrogen and oxygen atoms in total. The van der Waals surface area contributed by atoms with Gasteiger partial charge in [0.25, 0.3) is 0 Å². The molecule has 3 rings (SSSR count). The van der Waals surface area contributed by atoms with Gasteiger partial charge in [0.2, 0.25) is 17.6 Å². The number of carbonyl (C=O) groups excluding carboxylic acids is 1. The molecule has 7 heteroatoms.